The van der Waals surface area contributed by atoms with E-state index in [1.54, 1.807) is 18.7 Å². The van der Waals surface area contributed by atoms with E-state index < -0.39 is 5.60 Å². The van der Waals surface area contributed by atoms with E-state index in [1.165, 1.54) is 0 Å². The Morgan fingerprint density at radius 3 is 2.70 bits per heavy atom. The molecule has 1 amide bonds. The number of nitrogens with zero attached hydrogens (tertiary/aromatic N) is 3. The predicted octanol–water partition coefficient (Wildman–Crippen LogP) is 1.69. The van der Waals surface area contributed by atoms with E-state index in [-0.39, 0.29) is 11.8 Å². The highest BCUT2D eigenvalue weighted by Crippen LogP contribution is 2.29. The smallest absolute Gasteiger partial charge is 0.254 e. The Balaban J connectivity index is 1.53. The lowest BCUT2D eigenvalue weighted by Gasteiger charge is -2.41. The van der Waals surface area contributed by atoms with Gasteiger partial charge in [0.15, 0.2) is 5.82 Å². The number of hydrogen-bond donors (Lipinski definition) is 1. The molecule has 0 bridgehead atoms. The number of aryl methyl sites for hydroxylation is 2. The molecule has 6 heteroatoms. The van der Waals surface area contributed by atoms with Crippen LogP contribution in [0.25, 0.3) is 0 Å². The van der Waals surface area contributed by atoms with Crippen molar-refractivity contribution in [2.24, 2.45) is 0 Å². The molecule has 1 atom stereocenters. The maximum atomic E-state index is 12.5. The fourth-order valence-corrected chi connectivity index (χ4v) is 2.76. The number of aliphatic hydroxyl groups is 1. The number of aromatic nitrogens is 2. The molecule has 1 aromatic carbocycles. The Morgan fingerprint density at radius 2 is 2.09 bits per heavy atom. The Hall–Kier alpha value is -2.21. The molecule has 0 unspecified atom stereocenters. The molecule has 1 aliphatic rings. The molecule has 0 radical (unpaired) electrons. The lowest BCUT2D eigenvalue weighted by atomic mass is 9.91. The maximum absolute atomic E-state index is 12.5. The zero-order chi connectivity index (χ0) is 16.4. The Kier molecular flexibility index (Phi) is 4.17. The average Bonchev–Trinajstić information content (AvgIpc) is 2.91. The summed E-state index contributed by atoms with van der Waals surface area (Å²) >= 11 is 0. The second-order valence-corrected chi connectivity index (χ2v) is 6.35. The van der Waals surface area contributed by atoms with E-state index in [2.05, 4.69) is 10.1 Å². The molecule has 2 aromatic rings. The van der Waals surface area contributed by atoms with Crippen molar-refractivity contribution in [1.29, 1.82) is 0 Å². The second kappa shape index (κ2) is 6.12. The van der Waals surface area contributed by atoms with Gasteiger partial charge in [-0.15, -0.1) is 0 Å². The molecular weight excluding hydrogens is 294 g/mol. The zero-order valence-electron chi connectivity index (χ0n) is 13.4. The van der Waals surface area contributed by atoms with E-state index in [0.717, 1.165) is 5.56 Å². The van der Waals surface area contributed by atoms with Crippen LogP contribution in [0.1, 0.15) is 36.5 Å². The van der Waals surface area contributed by atoms with Crippen molar-refractivity contribution in [2.75, 3.05) is 13.1 Å². The lowest BCUT2D eigenvalue weighted by Crippen LogP contribution is -2.56. The second-order valence-electron chi connectivity index (χ2n) is 6.35. The number of hydrogen-bond acceptors (Lipinski definition) is 5. The van der Waals surface area contributed by atoms with Crippen LogP contribution >= 0.6 is 0 Å². The normalized spacial score (nSPS) is 17.6. The maximum Gasteiger partial charge on any atom is 0.254 e. The van der Waals surface area contributed by atoms with Crippen LogP contribution in [0.15, 0.2) is 34.9 Å². The molecule has 6 nitrogen and oxygen atoms in total. The Morgan fingerprint density at radius 1 is 1.39 bits per heavy atom. The molecule has 1 fully saturated rings. The van der Waals surface area contributed by atoms with Crippen LogP contribution in [0.4, 0.5) is 0 Å². The van der Waals surface area contributed by atoms with Gasteiger partial charge in [0.2, 0.25) is 5.89 Å². The molecule has 1 saturated heterocycles. The molecule has 1 N–H and O–H groups in total. The molecule has 0 saturated carbocycles. The summed E-state index contributed by atoms with van der Waals surface area (Å²) in [5.74, 6) is 1.00. The minimum absolute atomic E-state index is 0.0741. The molecule has 2 heterocycles. The van der Waals surface area contributed by atoms with Gasteiger partial charge in [0.05, 0.1) is 5.92 Å². The number of carbonyl (C=O) groups excluding carboxylic acids is 1. The van der Waals surface area contributed by atoms with E-state index >= 15 is 0 Å². The summed E-state index contributed by atoms with van der Waals surface area (Å²) in [4.78, 5) is 18.3. The van der Waals surface area contributed by atoms with Crippen molar-refractivity contribution in [3.8, 4) is 0 Å². The van der Waals surface area contributed by atoms with Gasteiger partial charge in [-0.3, -0.25) is 4.79 Å². The molecule has 1 aromatic heterocycles. The van der Waals surface area contributed by atoms with Gasteiger partial charge in [-0.1, -0.05) is 35.5 Å². The Labute approximate surface area is 135 Å². The highest BCUT2D eigenvalue weighted by molar-refractivity contribution is 5.85. The summed E-state index contributed by atoms with van der Waals surface area (Å²) in [5.41, 5.74) is -0.241. The average molecular weight is 315 g/mol. The van der Waals surface area contributed by atoms with E-state index in [1.807, 2.05) is 30.3 Å². The first-order valence-corrected chi connectivity index (χ1v) is 7.81. The Bertz CT molecular complexity index is 675. The van der Waals surface area contributed by atoms with E-state index in [9.17, 15) is 9.90 Å². The first kappa shape index (κ1) is 15.7. The van der Waals surface area contributed by atoms with Gasteiger partial charge in [-0.2, -0.15) is 4.98 Å². The van der Waals surface area contributed by atoms with Gasteiger partial charge in [0.1, 0.15) is 5.60 Å². The van der Waals surface area contributed by atoms with Crippen LogP contribution in [0.5, 0.6) is 0 Å². The fraction of sp³-hybridized carbons (Fsp3) is 0.471. The minimum Gasteiger partial charge on any atom is -0.380 e. The molecule has 1 aliphatic heterocycles. The third-order valence-corrected chi connectivity index (χ3v) is 4.27. The van der Waals surface area contributed by atoms with Crippen molar-refractivity contribution in [2.45, 2.75) is 38.2 Å². The van der Waals surface area contributed by atoms with Gasteiger partial charge in [0.25, 0.3) is 5.91 Å². The van der Waals surface area contributed by atoms with Crippen molar-refractivity contribution in [3.05, 3.63) is 47.6 Å². The predicted molar refractivity (Wildman–Crippen MR) is 83.7 cm³/mol. The van der Waals surface area contributed by atoms with E-state index in [0.29, 0.717) is 37.6 Å². The quantitative estimate of drug-likeness (QED) is 0.908. The fourth-order valence-electron chi connectivity index (χ4n) is 2.76. The summed E-state index contributed by atoms with van der Waals surface area (Å²) in [6.07, 6.45) is 1.07. The summed E-state index contributed by atoms with van der Waals surface area (Å²) in [5, 5.41) is 14.3. The van der Waals surface area contributed by atoms with Crippen molar-refractivity contribution < 1.29 is 14.4 Å². The first-order valence-electron chi connectivity index (χ1n) is 7.81. The molecule has 0 aliphatic carbocycles. The highest BCUT2D eigenvalue weighted by Gasteiger charge is 2.42. The molecule has 122 valence electrons. The number of amides is 1. The van der Waals surface area contributed by atoms with E-state index in [4.69, 9.17) is 4.52 Å². The minimum atomic E-state index is -1.36. The SMILES string of the molecule is Cc1noc(C2CN(C(=O)[C@@](C)(O)CCc3ccccc3)C2)n1. The van der Waals surface area contributed by atoms with Crippen LogP contribution in [0, 0.1) is 6.92 Å². The van der Waals surface area contributed by atoms with Gasteiger partial charge in [-0.05, 0) is 32.3 Å². The van der Waals surface area contributed by atoms with Crippen LogP contribution < -0.4 is 0 Å². The van der Waals surface area contributed by atoms with Gasteiger partial charge in [0, 0.05) is 13.1 Å². The third-order valence-electron chi connectivity index (χ3n) is 4.27. The molecular formula is C17H21N3O3. The number of benzene rings is 1. The van der Waals surface area contributed by atoms with Crippen molar-refractivity contribution in [1.82, 2.24) is 15.0 Å². The van der Waals surface area contributed by atoms with Gasteiger partial charge < -0.3 is 14.5 Å². The molecule has 0 spiro atoms. The number of carbonyl (C=O) groups is 1. The van der Waals surface area contributed by atoms with Crippen LogP contribution in [-0.2, 0) is 11.2 Å². The number of likely N-dealkylation sites (tertiary alicyclic amines) is 1. The van der Waals surface area contributed by atoms with Crippen molar-refractivity contribution in [3.63, 3.8) is 0 Å². The molecule has 23 heavy (non-hydrogen) atoms. The summed E-state index contributed by atoms with van der Waals surface area (Å²) in [6, 6.07) is 9.86. The van der Waals surface area contributed by atoms with Crippen LogP contribution in [0.2, 0.25) is 0 Å². The summed E-state index contributed by atoms with van der Waals surface area (Å²) in [7, 11) is 0. The van der Waals surface area contributed by atoms with Crippen molar-refractivity contribution >= 4 is 5.91 Å². The number of rotatable bonds is 5. The topological polar surface area (TPSA) is 79.5 Å². The highest BCUT2D eigenvalue weighted by atomic mass is 16.5. The monoisotopic (exact) mass is 315 g/mol. The largest absolute Gasteiger partial charge is 0.380 e. The van der Waals surface area contributed by atoms with Gasteiger partial charge in [-0.25, -0.2) is 0 Å². The summed E-state index contributed by atoms with van der Waals surface area (Å²) < 4.78 is 5.13. The third kappa shape index (κ3) is 3.42. The van der Waals surface area contributed by atoms with Crippen LogP contribution in [0.3, 0.4) is 0 Å². The lowest BCUT2D eigenvalue weighted by molar-refractivity contribution is -0.155. The molecule has 3 rings (SSSR count). The van der Waals surface area contributed by atoms with Gasteiger partial charge >= 0.3 is 0 Å². The standard InChI is InChI=1S/C17H21N3O3/c1-12-18-15(23-19-12)14-10-20(11-14)16(21)17(2,22)9-8-13-6-4-3-5-7-13/h3-7,14,22H,8-11H2,1-2H3/t17-/m0/s1. The van der Waals surface area contributed by atoms with Crippen LogP contribution in [-0.4, -0.2) is 44.7 Å². The zero-order valence-corrected chi connectivity index (χ0v) is 13.4. The summed E-state index contributed by atoms with van der Waals surface area (Å²) in [6.45, 7) is 4.38. The first-order chi connectivity index (χ1) is 11.0.